The number of hydrogen-bond donors (Lipinski definition) is 2. The van der Waals surface area contributed by atoms with Crippen LogP contribution >= 0.6 is 11.6 Å². The summed E-state index contributed by atoms with van der Waals surface area (Å²) in [6.07, 6.45) is 5.68. The maximum atomic E-state index is 11.7. The van der Waals surface area contributed by atoms with Gasteiger partial charge in [0.1, 0.15) is 5.54 Å². The van der Waals surface area contributed by atoms with Gasteiger partial charge in [0.25, 0.3) is 0 Å². The summed E-state index contributed by atoms with van der Waals surface area (Å²) in [5.41, 5.74) is -0.370. The number of carboxylic acid groups (broad SMARTS) is 1. The molecule has 104 valence electrons. The Kier molecular flexibility index (Phi) is 4.48. The first-order valence-electron chi connectivity index (χ1n) is 6.79. The lowest BCUT2D eigenvalue weighted by Gasteiger charge is -2.34. The number of carbonyl (C=O) groups is 1. The van der Waals surface area contributed by atoms with Gasteiger partial charge < -0.3 is 5.11 Å². The first kappa shape index (κ1) is 14.4. The van der Waals surface area contributed by atoms with Gasteiger partial charge in [-0.05, 0) is 37.5 Å². The van der Waals surface area contributed by atoms with Gasteiger partial charge in [0.2, 0.25) is 0 Å². The molecule has 0 spiro atoms. The summed E-state index contributed by atoms with van der Waals surface area (Å²) in [5.74, 6) is -0.861. The number of carboxylic acids is 1. The molecule has 0 saturated heterocycles. The van der Waals surface area contributed by atoms with E-state index in [2.05, 4.69) is 5.32 Å². The zero-order valence-corrected chi connectivity index (χ0v) is 11.9. The SMILES string of the molecule is CC(NC1CCCCC1)(C(=O)O)c1cccc(Cl)c1. The third-order valence-corrected chi connectivity index (χ3v) is 4.16. The summed E-state index contributed by atoms with van der Waals surface area (Å²) in [6, 6.07) is 7.37. The van der Waals surface area contributed by atoms with Crippen LogP contribution in [0.1, 0.15) is 44.6 Å². The summed E-state index contributed by atoms with van der Waals surface area (Å²) < 4.78 is 0. The summed E-state index contributed by atoms with van der Waals surface area (Å²) in [5, 5.41) is 13.5. The molecule has 0 aliphatic heterocycles. The molecular weight excluding hydrogens is 262 g/mol. The highest BCUT2D eigenvalue weighted by Crippen LogP contribution is 2.27. The molecule has 2 N–H and O–H groups in total. The number of benzene rings is 1. The predicted molar refractivity (Wildman–Crippen MR) is 76.4 cm³/mol. The molecule has 4 heteroatoms. The van der Waals surface area contributed by atoms with Crippen LogP contribution < -0.4 is 5.32 Å². The summed E-state index contributed by atoms with van der Waals surface area (Å²) >= 11 is 5.98. The Morgan fingerprint density at radius 1 is 1.37 bits per heavy atom. The van der Waals surface area contributed by atoms with Crippen LogP contribution in [0.5, 0.6) is 0 Å². The molecule has 19 heavy (non-hydrogen) atoms. The lowest BCUT2D eigenvalue weighted by Crippen LogP contribution is -2.51. The molecule has 1 atom stereocenters. The van der Waals surface area contributed by atoms with Crippen molar-refractivity contribution in [1.82, 2.24) is 5.32 Å². The molecule has 1 aromatic carbocycles. The lowest BCUT2D eigenvalue weighted by molar-refractivity contribution is -0.145. The average Bonchev–Trinajstić information content (AvgIpc) is 2.39. The van der Waals surface area contributed by atoms with Crippen molar-refractivity contribution in [3.05, 3.63) is 34.9 Å². The minimum absolute atomic E-state index is 0.272. The van der Waals surface area contributed by atoms with Crippen LogP contribution in [0.3, 0.4) is 0 Å². The van der Waals surface area contributed by atoms with Crippen molar-refractivity contribution in [2.75, 3.05) is 0 Å². The third-order valence-electron chi connectivity index (χ3n) is 3.93. The minimum Gasteiger partial charge on any atom is -0.480 e. The molecule has 1 aliphatic carbocycles. The molecule has 0 heterocycles. The van der Waals surface area contributed by atoms with Crippen LogP contribution in [0.4, 0.5) is 0 Å². The maximum Gasteiger partial charge on any atom is 0.328 e. The zero-order chi connectivity index (χ0) is 13.9. The van der Waals surface area contributed by atoms with Gasteiger partial charge in [-0.15, -0.1) is 0 Å². The van der Waals surface area contributed by atoms with E-state index < -0.39 is 11.5 Å². The van der Waals surface area contributed by atoms with Crippen LogP contribution in [0.25, 0.3) is 0 Å². The normalized spacial score (nSPS) is 19.9. The van der Waals surface area contributed by atoms with Crippen molar-refractivity contribution in [1.29, 1.82) is 0 Å². The van der Waals surface area contributed by atoms with E-state index in [1.54, 1.807) is 25.1 Å². The Hall–Kier alpha value is -1.06. The lowest BCUT2D eigenvalue weighted by atomic mass is 9.87. The van der Waals surface area contributed by atoms with Gasteiger partial charge in [-0.1, -0.05) is 43.0 Å². The van der Waals surface area contributed by atoms with Gasteiger partial charge >= 0.3 is 5.97 Å². The molecule has 3 nitrogen and oxygen atoms in total. The smallest absolute Gasteiger partial charge is 0.328 e. The fourth-order valence-corrected chi connectivity index (χ4v) is 2.91. The largest absolute Gasteiger partial charge is 0.480 e. The van der Waals surface area contributed by atoms with E-state index in [0.29, 0.717) is 10.6 Å². The first-order valence-corrected chi connectivity index (χ1v) is 7.17. The number of aliphatic carboxylic acids is 1. The number of nitrogens with one attached hydrogen (secondary N) is 1. The van der Waals surface area contributed by atoms with E-state index in [4.69, 9.17) is 11.6 Å². The Morgan fingerprint density at radius 3 is 2.63 bits per heavy atom. The van der Waals surface area contributed by atoms with Crippen molar-refractivity contribution in [2.24, 2.45) is 0 Å². The van der Waals surface area contributed by atoms with Crippen molar-refractivity contribution in [2.45, 2.75) is 50.6 Å². The monoisotopic (exact) mass is 281 g/mol. The first-order chi connectivity index (χ1) is 9.02. The standard InChI is InChI=1S/C15H20ClNO2/c1-15(14(18)19,11-6-5-7-12(16)10-11)17-13-8-3-2-4-9-13/h5-7,10,13,17H,2-4,8-9H2,1H3,(H,18,19). The van der Waals surface area contributed by atoms with Gasteiger partial charge in [-0.3, -0.25) is 5.32 Å². The summed E-state index contributed by atoms with van der Waals surface area (Å²) in [7, 11) is 0. The van der Waals surface area contributed by atoms with E-state index in [0.717, 1.165) is 12.8 Å². The highest BCUT2D eigenvalue weighted by molar-refractivity contribution is 6.30. The number of rotatable bonds is 4. The van der Waals surface area contributed by atoms with Gasteiger partial charge in [-0.2, -0.15) is 0 Å². The van der Waals surface area contributed by atoms with E-state index in [1.165, 1.54) is 19.3 Å². The molecule has 0 bridgehead atoms. The second kappa shape index (κ2) is 5.93. The van der Waals surface area contributed by atoms with Crippen LogP contribution in [-0.2, 0) is 10.3 Å². The second-order valence-corrected chi connectivity index (χ2v) is 5.86. The Balaban J connectivity index is 2.24. The topological polar surface area (TPSA) is 49.3 Å². The minimum atomic E-state index is -1.08. The molecule has 1 saturated carbocycles. The fraction of sp³-hybridized carbons (Fsp3) is 0.533. The van der Waals surface area contributed by atoms with Crippen molar-refractivity contribution in [3.8, 4) is 0 Å². The third kappa shape index (κ3) is 3.28. The molecule has 1 aliphatic rings. The van der Waals surface area contributed by atoms with Crippen LogP contribution in [-0.4, -0.2) is 17.1 Å². The number of hydrogen-bond acceptors (Lipinski definition) is 2. The molecule has 0 amide bonds. The van der Waals surface area contributed by atoms with Crippen molar-refractivity contribution < 1.29 is 9.90 Å². The Bertz CT molecular complexity index is 457. The van der Waals surface area contributed by atoms with E-state index >= 15 is 0 Å². The molecule has 2 rings (SSSR count). The van der Waals surface area contributed by atoms with E-state index in [9.17, 15) is 9.90 Å². The van der Waals surface area contributed by atoms with Gasteiger partial charge in [0.05, 0.1) is 0 Å². The molecule has 1 fully saturated rings. The quantitative estimate of drug-likeness (QED) is 0.887. The predicted octanol–water partition coefficient (Wildman–Crippen LogP) is 3.56. The summed E-state index contributed by atoms with van der Waals surface area (Å²) in [4.78, 5) is 11.7. The number of halogens is 1. The molecule has 1 unspecified atom stereocenters. The highest BCUT2D eigenvalue weighted by atomic mass is 35.5. The highest BCUT2D eigenvalue weighted by Gasteiger charge is 2.37. The average molecular weight is 282 g/mol. The van der Waals surface area contributed by atoms with E-state index in [-0.39, 0.29) is 6.04 Å². The van der Waals surface area contributed by atoms with Gasteiger partial charge in [-0.25, -0.2) is 4.79 Å². The van der Waals surface area contributed by atoms with Gasteiger partial charge in [0, 0.05) is 11.1 Å². The molecule has 0 aromatic heterocycles. The fourth-order valence-electron chi connectivity index (χ4n) is 2.72. The van der Waals surface area contributed by atoms with Crippen LogP contribution in [0.2, 0.25) is 5.02 Å². The zero-order valence-electron chi connectivity index (χ0n) is 11.2. The molecule has 0 radical (unpaired) electrons. The van der Waals surface area contributed by atoms with Crippen molar-refractivity contribution in [3.63, 3.8) is 0 Å². The maximum absolute atomic E-state index is 11.7. The second-order valence-electron chi connectivity index (χ2n) is 5.42. The molecular formula is C15H20ClNO2. The van der Waals surface area contributed by atoms with E-state index in [1.807, 2.05) is 6.07 Å². The Morgan fingerprint density at radius 2 is 2.05 bits per heavy atom. The summed E-state index contributed by atoms with van der Waals surface area (Å²) in [6.45, 7) is 1.72. The van der Waals surface area contributed by atoms with Crippen LogP contribution in [0, 0.1) is 0 Å². The van der Waals surface area contributed by atoms with Crippen LogP contribution in [0.15, 0.2) is 24.3 Å². The Labute approximate surface area is 119 Å². The van der Waals surface area contributed by atoms with Crippen molar-refractivity contribution >= 4 is 17.6 Å². The molecule has 1 aromatic rings. The van der Waals surface area contributed by atoms with Gasteiger partial charge in [0.15, 0.2) is 0 Å².